The summed E-state index contributed by atoms with van der Waals surface area (Å²) in [5.41, 5.74) is 3.22. The molecule has 8 heteroatoms. The van der Waals surface area contributed by atoms with Gasteiger partial charge >= 0.3 is 0 Å². The average Bonchev–Trinajstić information content (AvgIpc) is 3.34. The van der Waals surface area contributed by atoms with Crippen LogP contribution in [0.4, 0.5) is 0 Å². The number of aromatic nitrogens is 3. The first kappa shape index (κ1) is 20.6. The Morgan fingerprint density at radius 1 is 1.17 bits per heavy atom. The molecular formula is C21H23Cl2N3O3. The number of aromatic amines is 1. The van der Waals surface area contributed by atoms with Crippen molar-refractivity contribution in [2.75, 3.05) is 6.61 Å². The summed E-state index contributed by atoms with van der Waals surface area (Å²) in [6.07, 6.45) is 4.21. The summed E-state index contributed by atoms with van der Waals surface area (Å²) in [6.45, 7) is 6.60. The van der Waals surface area contributed by atoms with Gasteiger partial charge in [0.15, 0.2) is 5.79 Å². The van der Waals surface area contributed by atoms with Crippen molar-refractivity contribution < 1.29 is 14.2 Å². The van der Waals surface area contributed by atoms with Crippen LogP contribution in [-0.4, -0.2) is 45.7 Å². The molecule has 0 saturated carbocycles. The van der Waals surface area contributed by atoms with Gasteiger partial charge in [-0.25, -0.2) is 9.97 Å². The number of fused-ring (bicyclic) bond motifs is 2. The lowest BCUT2D eigenvalue weighted by molar-refractivity contribution is -0.174. The van der Waals surface area contributed by atoms with Gasteiger partial charge in [-0.15, -0.1) is 0 Å². The Morgan fingerprint density at radius 2 is 2.00 bits per heavy atom. The van der Waals surface area contributed by atoms with Gasteiger partial charge in [-0.3, -0.25) is 0 Å². The van der Waals surface area contributed by atoms with E-state index in [9.17, 15) is 0 Å². The lowest BCUT2D eigenvalue weighted by Gasteiger charge is -2.22. The number of H-pyrrole nitrogens is 1. The quantitative estimate of drug-likeness (QED) is 0.589. The molecule has 2 fully saturated rings. The Labute approximate surface area is 179 Å². The molecular weight excluding hydrogens is 413 g/mol. The van der Waals surface area contributed by atoms with E-state index >= 15 is 0 Å². The van der Waals surface area contributed by atoms with Crippen molar-refractivity contribution in [1.29, 1.82) is 0 Å². The number of ether oxygens (including phenoxy) is 3. The molecule has 0 radical (unpaired) electrons. The number of halogens is 2. The smallest absolute Gasteiger partial charge is 0.164 e. The summed E-state index contributed by atoms with van der Waals surface area (Å²) >= 11 is 11.7. The minimum atomic E-state index is -0.494. The first-order chi connectivity index (χ1) is 13.8. The van der Waals surface area contributed by atoms with Crippen LogP contribution in [0, 0.1) is 6.92 Å². The molecule has 3 unspecified atom stereocenters. The highest BCUT2D eigenvalue weighted by molar-refractivity contribution is 6.33. The van der Waals surface area contributed by atoms with Gasteiger partial charge in [0, 0.05) is 17.6 Å². The molecule has 2 aliphatic rings. The third kappa shape index (κ3) is 4.57. The van der Waals surface area contributed by atoms with Crippen LogP contribution < -0.4 is 0 Å². The number of nitrogens with one attached hydrogen (secondary N) is 1. The van der Waals surface area contributed by atoms with Crippen LogP contribution in [0.25, 0.3) is 11.0 Å². The molecule has 0 aliphatic carbocycles. The van der Waals surface area contributed by atoms with E-state index in [2.05, 4.69) is 27.9 Å². The second-order valence-electron chi connectivity index (χ2n) is 7.69. The first-order valence-corrected chi connectivity index (χ1v) is 10.2. The third-order valence-corrected chi connectivity index (χ3v) is 5.63. The van der Waals surface area contributed by atoms with E-state index in [0.29, 0.717) is 11.8 Å². The predicted molar refractivity (Wildman–Crippen MR) is 112 cm³/mol. The van der Waals surface area contributed by atoms with Crippen molar-refractivity contribution in [3.05, 3.63) is 58.1 Å². The Balaban J connectivity index is 0.000000171. The molecule has 5 rings (SSSR count). The molecule has 2 aromatic heterocycles. The highest BCUT2D eigenvalue weighted by Crippen LogP contribution is 2.36. The van der Waals surface area contributed by atoms with Crippen molar-refractivity contribution in [2.24, 2.45) is 0 Å². The molecule has 6 nitrogen and oxygen atoms in total. The fourth-order valence-electron chi connectivity index (χ4n) is 3.74. The maximum absolute atomic E-state index is 5.98. The van der Waals surface area contributed by atoms with Gasteiger partial charge in [-0.2, -0.15) is 0 Å². The van der Waals surface area contributed by atoms with Gasteiger partial charge in [0.25, 0.3) is 0 Å². The van der Waals surface area contributed by atoms with Crippen LogP contribution in [0.5, 0.6) is 0 Å². The fourth-order valence-corrected chi connectivity index (χ4v) is 4.16. The number of hydrogen-bond acceptors (Lipinski definition) is 5. The van der Waals surface area contributed by atoms with Crippen LogP contribution in [0.3, 0.4) is 0 Å². The lowest BCUT2D eigenvalue weighted by atomic mass is 9.99. The largest absolute Gasteiger partial charge is 0.372 e. The molecule has 0 amide bonds. The van der Waals surface area contributed by atoms with Crippen molar-refractivity contribution in [1.82, 2.24) is 15.0 Å². The zero-order chi connectivity index (χ0) is 20.6. The van der Waals surface area contributed by atoms with Crippen LogP contribution in [0.1, 0.15) is 25.0 Å². The molecule has 0 spiro atoms. The third-order valence-electron chi connectivity index (χ3n) is 5.09. The Kier molecular flexibility index (Phi) is 5.82. The first-order valence-electron chi connectivity index (χ1n) is 9.48. The molecule has 1 N–H and O–H groups in total. The fraction of sp³-hybridized carbons (Fsp3) is 0.429. The molecule has 3 atom stereocenters. The highest BCUT2D eigenvalue weighted by Gasteiger charge is 2.49. The van der Waals surface area contributed by atoms with Gasteiger partial charge in [0.05, 0.1) is 18.1 Å². The molecule has 2 aliphatic heterocycles. The topological polar surface area (TPSA) is 69.3 Å². The van der Waals surface area contributed by atoms with Crippen molar-refractivity contribution in [3.8, 4) is 0 Å². The maximum atomic E-state index is 5.98. The van der Waals surface area contributed by atoms with E-state index in [-0.39, 0.29) is 18.3 Å². The van der Waals surface area contributed by atoms with Gasteiger partial charge in [-0.05, 0) is 50.1 Å². The molecule has 4 heterocycles. The van der Waals surface area contributed by atoms with Gasteiger partial charge in [-0.1, -0.05) is 29.3 Å². The zero-order valence-electron chi connectivity index (χ0n) is 16.5. The minimum Gasteiger partial charge on any atom is -0.372 e. The second-order valence-corrected chi connectivity index (χ2v) is 8.48. The maximum Gasteiger partial charge on any atom is 0.164 e. The van der Waals surface area contributed by atoms with Crippen molar-refractivity contribution in [2.45, 2.75) is 51.3 Å². The average molecular weight is 436 g/mol. The van der Waals surface area contributed by atoms with E-state index < -0.39 is 5.79 Å². The SMILES string of the molecule is Cc1cc(Cl)ccc1CC1OCC2OC(C)(C)OC12.Clc1ncnc2[nH]ccc12. The van der Waals surface area contributed by atoms with Crippen LogP contribution in [-0.2, 0) is 20.6 Å². The Morgan fingerprint density at radius 3 is 2.76 bits per heavy atom. The molecule has 2 saturated heterocycles. The summed E-state index contributed by atoms with van der Waals surface area (Å²) in [5.74, 6) is -0.494. The zero-order valence-corrected chi connectivity index (χ0v) is 18.0. The van der Waals surface area contributed by atoms with Gasteiger partial charge < -0.3 is 19.2 Å². The minimum absolute atomic E-state index is 0.0325. The summed E-state index contributed by atoms with van der Waals surface area (Å²) in [6, 6.07) is 7.82. The summed E-state index contributed by atoms with van der Waals surface area (Å²) in [4.78, 5) is 10.7. The summed E-state index contributed by atoms with van der Waals surface area (Å²) < 4.78 is 17.6. The Hall–Kier alpha value is -1.70. The Bertz CT molecular complexity index is 1010. The summed E-state index contributed by atoms with van der Waals surface area (Å²) in [5, 5.41) is 2.13. The van der Waals surface area contributed by atoms with Crippen LogP contribution in [0.15, 0.2) is 36.8 Å². The highest BCUT2D eigenvalue weighted by atomic mass is 35.5. The van der Waals surface area contributed by atoms with E-state index in [1.165, 1.54) is 17.5 Å². The monoisotopic (exact) mass is 435 g/mol. The second kappa shape index (κ2) is 8.20. The number of aryl methyl sites for hydroxylation is 1. The van der Waals surface area contributed by atoms with Crippen LogP contribution in [0.2, 0.25) is 10.2 Å². The molecule has 0 bridgehead atoms. The van der Waals surface area contributed by atoms with Crippen LogP contribution >= 0.6 is 23.2 Å². The van der Waals surface area contributed by atoms with E-state index in [4.69, 9.17) is 37.4 Å². The predicted octanol–water partition coefficient (Wildman–Crippen LogP) is 4.72. The van der Waals surface area contributed by atoms with E-state index in [0.717, 1.165) is 22.5 Å². The molecule has 29 heavy (non-hydrogen) atoms. The molecule has 154 valence electrons. The van der Waals surface area contributed by atoms with Gasteiger partial charge in [0.2, 0.25) is 0 Å². The number of benzene rings is 1. The number of hydrogen-bond donors (Lipinski definition) is 1. The molecule has 1 aromatic carbocycles. The normalized spacial score (nSPS) is 24.9. The van der Waals surface area contributed by atoms with Crippen molar-refractivity contribution >= 4 is 34.2 Å². The number of rotatable bonds is 2. The standard InChI is InChI=1S/C15H19ClO3.C6H4ClN3/c1-9-6-11(16)5-4-10(9)7-12-14-13(8-17-12)18-15(2,3)19-14;7-5-4-1-2-8-6(4)10-3-9-5/h4-6,12-14H,7-8H2,1-3H3;1-3H,(H,8,9,10). The van der Waals surface area contributed by atoms with Crippen molar-refractivity contribution in [3.63, 3.8) is 0 Å². The number of nitrogens with zero attached hydrogens (tertiary/aromatic N) is 2. The summed E-state index contributed by atoms with van der Waals surface area (Å²) in [7, 11) is 0. The van der Waals surface area contributed by atoms with E-state index in [1.54, 1.807) is 6.20 Å². The lowest BCUT2D eigenvalue weighted by Crippen LogP contribution is -2.31. The van der Waals surface area contributed by atoms with E-state index in [1.807, 2.05) is 32.0 Å². The van der Waals surface area contributed by atoms with Gasteiger partial charge in [0.1, 0.15) is 29.3 Å². The molecule has 3 aromatic rings.